The number of esters is 1. The Morgan fingerprint density at radius 1 is 1.23 bits per heavy atom. The van der Waals surface area contributed by atoms with Crippen LogP contribution in [0.15, 0.2) is 48.8 Å². The average Bonchev–Trinajstić information content (AvgIpc) is 3.04. The van der Waals surface area contributed by atoms with Crippen LogP contribution in [0.3, 0.4) is 0 Å². The monoisotopic (exact) mass is 314 g/mol. The number of tetrazole rings is 1. The highest BCUT2D eigenvalue weighted by Gasteiger charge is 2.12. The van der Waals surface area contributed by atoms with Crippen LogP contribution in [0.4, 0.5) is 0 Å². The van der Waals surface area contributed by atoms with Crippen molar-refractivity contribution in [1.82, 2.24) is 20.2 Å². The molecule has 0 atom stereocenters. The van der Waals surface area contributed by atoms with Crippen molar-refractivity contribution >= 4 is 17.6 Å². The van der Waals surface area contributed by atoms with E-state index in [1.54, 1.807) is 42.5 Å². The predicted octanol–water partition coefficient (Wildman–Crippen LogP) is 2.84. The molecule has 2 aromatic carbocycles. The highest BCUT2D eigenvalue weighted by molar-refractivity contribution is 6.30. The van der Waals surface area contributed by atoms with Gasteiger partial charge in [-0.3, -0.25) is 0 Å². The van der Waals surface area contributed by atoms with Gasteiger partial charge in [-0.05, 0) is 59.3 Å². The molecular formula is C15H11ClN4O2. The SMILES string of the molecule is Cc1cc(Cl)ccc1OC(=O)c1cccc(-n2cnnn2)c1. The van der Waals surface area contributed by atoms with Crippen LogP contribution in [0.1, 0.15) is 15.9 Å². The van der Waals surface area contributed by atoms with Crippen LogP contribution >= 0.6 is 11.6 Å². The van der Waals surface area contributed by atoms with Gasteiger partial charge < -0.3 is 4.74 Å². The van der Waals surface area contributed by atoms with E-state index in [0.717, 1.165) is 5.56 Å². The first-order valence-corrected chi connectivity index (χ1v) is 6.83. The fourth-order valence-electron chi connectivity index (χ4n) is 1.94. The summed E-state index contributed by atoms with van der Waals surface area (Å²) in [7, 11) is 0. The minimum absolute atomic E-state index is 0.405. The molecule has 0 saturated carbocycles. The summed E-state index contributed by atoms with van der Waals surface area (Å²) >= 11 is 5.89. The van der Waals surface area contributed by atoms with Gasteiger partial charge in [-0.25, -0.2) is 9.48 Å². The highest BCUT2D eigenvalue weighted by Crippen LogP contribution is 2.23. The fourth-order valence-corrected chi connectivity index (χ4v) is 2.17. The molecule has 6 nitrogen and oxygen atoms in total. The smallest absolute Gasteiger partial charge is 0.343 e. The number of hydrogen-bond donors (Lipinski definition) is 0. The molecular weight excluding hydrogens is 304 g/mol. The van der Waals surface area contributed by atoms with Crippen molar-refractivity contribution in [3.05, 3.63) is 64.9 Å². The molecule has 7 heteroatoms. The van der Waals surface area contributed by atoms with Gasteiger partial charge in [0.05, 0.1) is 11.3 Å². The molecule has 110 valence electrons. The Morgan fingerprint density at radius 2 is 2.09 bits per heavy atom. The van der Waals surface area contributed by atoms with Gasteiger partial charge in [0.25, 0.3) is 0 Å². The summed E-state index contributed by atoms with van der Waals surface area (Å²) in [4.78, 5) is 12.3. The van der Waals surface area contributed by atoms with Crippen molar-refractivity contribution in [3.63, 3.8) is 0 Å². The summed E-state index contributed by atoms with van der Waals surface area (Å²) in [6.07, 6.45) is 1.45. The van der Waals surface area contributed by atoms with E-state index in [1.807, 2.05) is 6.92 Å². The lowest BCUT2D eigenvalue weighted by atomic mass is 10.2. The van der Waals surface area contributed by atoms with E-state index in [2.05, 4.69) is 15.5 Å². The van der Waals surface area contributed by atoms with E-state index in [-0.39, 0.29) is 0 Å². The predicted molar refractivity (Wildman–Crippen MR) is 80.3 cm³/mol. The molecule has 0 unspecified atom stereocenters. The van der Waals surface area contributed by atoms with Gasteiger partial charge in [-0.1, -0.05) is 17.7 Å². The van der Waals surface area contributed by atoms with E-state index >= 15 is 0 Å². The highest BCUT2D eigenvalue weighted by atomic mass is 35.5. The van der Waals surface area contributed by atoms with Gasteiger partial charge in [0.15, 0.2) is 0 Å². The Kier molecular flexibility index (Phi) is 3.84. The van der Waals surface area contributed by atoms with E-state index in [4.69, 9.17) is 16.3 Å². The van der Waals surface area contributed by atoms with Gasteiger partial charge >= 0.3 is 5.97 Å². The summed E-state index contributed by atoms with van der Waals surface area (Å²) in [6, 6.07) is 11.9. The number of hydrogen-bond acceptors (Lipinski definition) is 5. The van der Waals surface area contributed by atoms with E-state index in [0.29, 0.717) is 22.0 Å². The number of carbonyl (C=O) groups excluding carboxylic acids is 1. The molecule has 0 N–H and O–H groups in total. The third kappa shape index (κ3) is 2.96. The van der Waals surface area contributed by atoms with Crippen LogP contribution in [0.5, 0.6) is 5.75 Å². The number of nitrogens with zero attached hydrogens (tertiary/aromatic N) is 4. The lowest BCUT2D eigenvalue weighted by molar-refractivity contribution is 0.0733. The van der Waals surface area contributed by atoms with Gasteiger partial charge in [-0.2, -0.15) is 0 Å². The van der Waals surface area contributed by atoms with Crippen LogP contribution < -0.4 is 4.74 Å². The second-order valence-corrected chi connectivity index (χ2v) is 5.04. The van der Waals surface area contributed by atoms with Crippen LogP contribution in [0.25, 0.3) is 5.69 Å². The van der Waals surface area contributed by atoms with Crippen LogP contribution in [-0.2, 0) is 0 Å². The minimum Gasteiger partial charge on any atom is -0.423 e. The van der Waals surface area contributed by atoms with Crippen molar-refractivity contribution in [3.8, 4) is 11.4 Å². The van der Waals surface area contributed by atoms with Crippen molar-refractivity contribution in [1.29, 1.82) is 0 Å². The summed E-state index contributed by atoms with van der Waals surface area (Å²) in [5, 5.41) is 11.5. The maximum absolute atomic E-state index is 12.3. The van der Waals surface area contributed by atoms with Crippen molar-refractivity contribution in [2.45, 2.75) is 6.92 Å². The van der Waals surface area contributed by atoms with Gasteiger partial charge in [0, 0.05) is 5.02 Å². The number of rotatable bonds is 3. The van der Waals surface area contributed by atoms with Gasteiger partial charge in [-0.15, -0.1) is 5.10 Å². The topological polar surface area (TPSA) is 69.9 Å². The first-order valence-electron chi connectivity index (χ1n) is 6.45. The number of halogens is 1. The Morgan fingerprint density at radius 3 is 2.82 bits per heavy atom. The summed E-state index contributed by atoms with van der Waals surface area (Å²) in [6.45, 7) is 1.83. The first-order chi connectivity index (χ1) is 10.6. The number of ether oxygens (including phenoxy) is 1. The summed E-state index contributed by atoms with van der Waals surface area (Å²) in [5.74, 6) is 0.0163. The fraction of sp³-hybridized carbons (Fsp3) is 0.0667. The summed E-state index contributed by atoms with van der Waals surface area (Å²) < 4.78 is 6.86. The second kappa shape index (κ2) is 5.95. The summed E-state index contributed by atoms with van der Waals surface area (Å²) in [5.41, 5.74) is 1.87. The molecule has 0 amide bonds. The largest absolute Gasteiger partial charge is 0.423 e. The van der Waals surface area contributed by atoms with Crippen LogP contribution in [0, 0.1) is 6.92 Å². The standard InChI is InChI=1S/C15H11ClN4O2/c1-10-7-12(16)5-6-14(10)22-15(21)11-3-2-4-13(8-11)20-9-17-18-19-20/h2-9H,1H3. The molecule has 0 spiro atoms. The molecule has 0 bridgehead atoms. The Labute approximate surface area is 131 Å². The quantitative estimate of drug-likeness (QED) is 0.549. The minimum atomic E-state index is -0.458. The van der Waals surface area contributed by atoms with Crippen molar-refractivity contribution in [2.24, 2.45) is 0 Å². The van der Waals surface area contributed by atoms with E-state index in [9.17, 15) is 4.79 Å². The molecule has 0 radical (unpaired) electrons. The Balaban J connectivity index is 1.85. The Bertz CT molecular complexity index is 818. The normalized spacial score (nSPS) is 10.5. The second-order valence-electron chi connectivity index (χ2n) is 4.60. The van der Waals surface area contributed by atoms with Gasteiger partial charge in [0.1, 0.15) is 12.1 Å². The lowest BCUT2D eigenvalue weighted by Crippen LogP contribution is -2.10. The third-order valence-electron chi connectivity index (χ3n) is 3.04. The molecule has 1 heterocycles. The van der Waals surface area contributed by atoms with E-state index in [1.165, 1.54) is 11.0 Å². The molecule has 0 aliphatic rings. The molecule has 0 fully saturated rings. The number of aryl methyl sites for hydroxylation is 1. The molecule has 3 aromatic rings. The molecule has 22 heavy (non-hydrogen) atoms. The maximum atomic E-state index is 12.3. The Hall–Kier alpha value is -2.73. The molecule has 3 rings (SSSR count). The number of carbonyl (C=O) groups is 1. The number of aromatic nitrogens is 4. The zero-order valence-corrected chi connectivity index (χ0v) is 12.4. The van der Waals surface area contributed by atoms with E-state index < -0.39 is 5.97 Å². The maximum Gasteiger partial charge on any atom is 0.343 e. The zero-order chi connectivity index (χ0) is 15.5. The lowest BCUT2D eigenvalue weighted by Gasteiger charge is -2.08. The molecule has 0 saturated heterocycles. The molecule has 0 aliphatic carbocycles. The zero-order valence-electron chi connectivity index (χ0n) is 11.6. The first kappa shape index (κ1) is 14.2. The van der Waals surface area contributed by atoms with Crippen LogP contribution in [-0.4, -0.2) is 26.2 Å². The molecule has 0 aliphatic heterocycles. The molecule has 1 aromatic heterocycles. The van der Waals surface area contributed by atoms with Crippen LogP contribution in [0.2, 0.25) is 5.02 Å². The van der Waals surface area contributed by atoms with Gasteiger partial charge in [0.2, 0.25) is 0 Å². The van der Waals surface area contributed by atoms with Crippen molar-refractivity contribution in [2.75, 3.05) is 0 Å². The van der Waals surface area contributed by atoms with Crippen molar-refractivity contribution < 1.29 is 9.53 Å². The average molecular weight is 315 g/mol. The number of benzene rings is 2. The third-order valence-corrected chi connectivity index (χ3v) is 3.27.